The summed E-state index contributed by atoms with van der Waals surface area (Å²) in [4.78, 5) is 24.5. The summed E-state index contributed by atoms with van der Waals surface area (Å²) in [7, 11) is 2.91. The predicted octanol–water partition coefficient (Wildman–Crippen LogP) is 2.00. The average molecular weight is 256 g/mol. The van der Waals surface area contributed by atoms with Crippen LogP contribution in [0.2, 0.25) is 0 Å². The lowest BCUT2D eigenvalue weighted by atomic mass is 9.73. The Morgan fingerprint density at radius 1 is 1.00 bits per heavy atom. The van der Waals surface area contributed by atoms with Crippen molar-refractivity contribution in [2.24, 2.45) is 11.8 Å². The van der Waals surface area contributed by atoms with Gasteiger partial charge >= 0.3 is 0 Å². The number of Topliss-reactive ketones (excluding diaryl/α,β-unsaturated/α-hetero) is 2. The first-order valence-electron chi connectivity index (χ1n) is 6.71. The van der Waals surface area contributed by atoms with E-state index < -0.39 is 12.2 Å². The topological polar surface area (TPSA) is 52.6 Å². The van der Waals surface area contributed by atoms with Gasteiger partial charge in [-0.25, -0.2) is 0 Å². The van der Waals surface area contributed by atoms with Gasteiger partial charge in [0.2, 0.25) is 0 Å². The smallest absolute Gasteiger partial charge is 0.168 e. The first-order chi connectivity index (χ1) is 8.58. The number of ether oxygens (including phenoxy) is 2. The highest BCUT2D eigenvalue weighted by molar-refractivity contribution is 6.02. The van der Waals surface area contributed by atoms with Gasteiger partial charge in [0.25, 0.3) is 0 Å². The minimum atomic E-state index is -0.736. The van der Waals surface area contributed by atoms with Gasteiger partial charge in [0.05, 0.1) is 0 Å². The Labute approximate surface area is 109 Å². The van der Waals surface area contributed by atoms with Crippen LogP contribution < -0.4 is 0 Å². The molecular formula is C14H24O4. The van der Waals surface area contributed by atoms with Gasteiger partial charge in [-0.3, -0.25) is 9.59 Å². The van der Waals surface area contributed by atoms with Crippen molar-refractivity contribution in [1.82, 2.24) is 0 Å². The van der Waals surface area contributed by atoms with Crippen molar-refractivity contribution in [3.63, 3.8) is 0 Å². The number of carbonyl (C=O) groups excluding carboxylic acids is 2. The molecule has 1 aliphatic carbocycles. The minimum absolute atomic E-state index is 0.00884. The fourth-order valence-corrected chi connectivity index (χ4v) is 2.70. The Morgan fingerprint density at radius 3 is 2.06 bits per heavy atom. The third-order valence-electron chi connectivity index (χ3n) is 3.88. The molecule has 0 spiro atoms. The van der Waals surface area contributed by atoms with E-state index in [2.05, 4.69) is 6.92 Å². The molecule has 0 saturated heterocycles. The van der Waals surface area contributed by atoms with Gasteiger partial charge in [-0.1, -0.05) is 33.1 Å². The zero-order chi connectivity index (χ0) is 13.7. The molecule has 4 heteroatoms. The highest BCUT2D eigenvalue weighted by atomic mass is 16.5. The van der Waals surface area contributed by atoms with Crippen molar-refractivity contribution in [2.45, 2.75) is 51.7 Å². The summed E-state index contributed by atoms with van der Waals surface area (Å²) < 4.78 is 10.3. The van der Waals surface area contributed by atoms with Gasteiger partial charge in [0, 0.05) is 26.1 Å². The monoisotopic (exact) mass is 256 g/mol. The first-order valence-corrected chi connectivity index (χ1v) is 6.71. The van der Waals surface area contributed by atoms with E-state index in [1.165, 1.54) is 14.2 Å². The molecule has 4 atom stereocenters. The summed E-state index contributed by atoms with van der Waals surface area (Å²) in [5.74, 6) is -0.455. The summed E-state index contributed by atoms with van der Waals surface area (Å²) in [5, 5.41) is 0. The fourth-order valence-electron chi connectivity index (χ4n) is 2.70. The van der Waals surface area contributed by atoms with E-state index in [4.69, 9.17) is 9.47 Å². The number of ketones is 2. The van der Waals surface area contributed by atoms with Gasteiger partial charge in [0.15, 0.2) is 11.6 Å². The summed E-state index contributed by atoms with van der Waals surface area (Å²) in [6.07, 6.45) is 2.49. The molecule has 0 N–H and O–H groups in total. The van der Waals surface area contributed by atoms with Gasteiger partial charge in [0.1, 0.15) is 12.2 Å². The molecule has 0 heterocycles. The second-order valence-corrected chi connectivity index (χ2v) is 5.01. The largest absolute Gasteiger partial charge is 0.370 e. The van der Waals surface area contributed by atoms with Gasteiger partial charge in [-0.2, -0.15) is 0 Å². The molecule has 1 aliphatic rings. The van der Waals surface area contributed by atoms with E-state index in [-0.39, 0.29) is 23.4 Å². The fraction of sp³-hybridized carbons (Fsp3) is 0.857. The van der Waals surface area contributed by atoms with Crippen LogP contribution in [0.25, 0.3) is 0 Å². The number of methoxy groups -OCH3 is 2. The summed E-state index contributed by atoms with van der Waals surface area (Å²) >= 11 is 0. The van der Waals surface area contributed by atoms with Crippen LogP contribution in [-0.4, -0.2) is 38.0 Å². The second-order valence-electron chi connectivity index (χ2n) is 5.01. The minimum Gasteiger partial charge on any atom is -0.370 e. The van der Waals surface area contributed by atoms with Crippen molar-refractivity contribution >= 4 is 11.6 Å². The number of hydrogen-bond donors (Lipinski definition) is 0. The number of unbranched alkanes of at least 4 members (excludes halogenated alkanes) is 2. The lowest BCUT2D eigenvalue weighted by molar-refractivity contribution is -0.164. The van der Waals surface area contributed by atoms with E-state index >= 15 is 0 Å². The highest BCUT2D eigenvalue weighted by Gasteiger charge is 2.47. The third kappa shape index (κ3) is 2.98. The van der Waals surface area contributed by atoms with E-state index in [1.807, 2.05) is 6.92 Å². The highest BCUT2D eigenvalue weighted by Crippen LogP contribution is 2.31. The predicted molar refractivity (Wildman–Crippen MR) is 68.4 cm³/mol. The van der Waals surface area contributed by atoms with E-state index in [9.17, 15) is 9.59 Å². The molecule has 0 aromatic heterocycles. The number of hydrogen-bond acceptors (Lipinski definition) is 4. The number of rotatable bonds is 6. The second kappa shape index (κ2) is 7.00. The third-order valence-corrected chi connectivity index (χ3v) is 3.88. The molecule has 0 aromatic carbocycles. The quantitative estimate of drug-likeness (QED) is 0.682. The molecule has 104 valence electrons. The van der Waals surface area contributed by atoms with Crippen molar-refractivity contribution in [3.8, 4) is 0 Å². The normalized spacial score (nSPS) is 32.9. The van der Waals surface area contributed by atoms with Crippen LogP contribution in [0.15, 0.2) is 0 Å². The molecule has 4 nitrogen and oxygen atoms in total. The van der Waals surface area contributed by atoms with Crippen LogP contribution in [0.5, 0.6) is 0 Å². The standard InChI is InChI=1S/C14H24O4/c1-5-6-7-8-10-9(2)11(15)13(17-3)14(18-4)12(10)16/h9-10,13-14H,5-8H2,1-4H3. The van der Waals surface area contributed by atoms with Crippen LogP contribution in [-0.2, 0) is 19.1 Å². The molecular weight excluding hydrogens is 232 g/mol. The molecule has 0 aliphatic heterocycles. The van der Waals surface area contributed by atoms with Crippen molar-refractivity contribution < 1.29 is 19.1 Å². The molecule has 1 fully saturated rings. The summed E-state index contributed by atoms with van der Waals surface area (Å²) in [6, 6.07) is 0. The zero-order valence-corrected chi connectivity index (χ0v) is 11.8. The lowest BCUT2D eigenvalue weighted by Gasteiger charge is -2.36. The van der Waals surface area contributed by atoms with Gasteiger partial charge < -0.3 is 9.47 Å². The molecule has 4 unspecified atom stereocenters. The molecule has 0 aromatic rings. The van der Waals surface area contributed by atoms with Gasteiger partial charge in [-0.05, 0) is 6.42 Å². The maximum absolute atomic E-state index is 12.3. The Morgan fingerprint density at radius 2 is 1.56 bits per heavy atom. The van der Waals surface area contributed by atoms with Crippen LogP contribution in [0, 0.1) is 11.8 Å². The average Bonchev–Trinajstić information content (AvgIpc) is 2.37. The molecule has 1 rings (SSSR count). The van der Waals surface area contributed by atoms with Crippen LogP contribution in [0.4, 0.5) is 0 Å². The first kappa shape index (κ1) is 15.3. The van der Waals surface area contributed by atoms with Crippen molar-refractivity contribution in [3.05, 3.63) is 0 Å². The van der Waals surface area contributed by atoms with E-state index in [0.717, 1.165) is 25.7 Å². The zero-order valence-electron chi connectivity index (χ0n) is 11.8. The maximum Gasteiger partial charge on any atom is 0.168 e. The summed E-state index contributed by atoms with van der Waals surface area (Å²) in [5.41, 5.74) is 0. The van der Waals surface area contributed by atoms with Crippen LogP contribution in [0.3, 0.4) is 0 Å². The van der Waals surface area contributed by atoms with E-state index in [0.29, 0.717) is 0 Å². The van der Waals surface area contributed by atoms with Crippen molar-refractivity contribution in [2.75, 3.05) is 14.2 Å². The summed E-state index contributed by atoms with van der Waals surface area (Å²) in [6.45, 7) is 3.95. The Bertz CT molecular complexity index is 300. The SMILES string of the molecule is CCCCCC1C(=O)C(OC)C(OC)C(=O)C1C. The molecule has 18 heavy (non-hydrogen) atoms. The molecule has 0 radical (unpaired) electrons. The van der Waals surface area contributed by atoms with Crippen LogP contribution >= 0.6 is 0 Å². The Kier molecular flexibility index (Phi) is 5.96. The van der Waals surface area contributed by atoms with Crippen molar-refractivity contribution in [1.29, 1.82) is 0 Å². The van der Waals surface area contributed by atoms with Gasteiger partial charge in [-0.15, -0.1) is 0 Å². The Hall–Kier alpha value is -0.740. The lowest BCUT2D eigenvalue weighted by Crippen LogP contribution is -2.54. The molecule has 0 bridgehead atoms. The molecule has 1 saturated carbocycles. The maximum atomic E-state index is 12.3. The number of carbonyl (C=O) groups is 2. The molecule has 0 amide bonds. The van der Waals surface area contributed by atoms with Crippen LogP contribution in [0.1, 0.15) is 39.5 Å². The van der Waals surface area contributed by atoms with E-state index in [1.54, 1.807) is 0 Å². The Balaban J connectivity index is 2.79.